The Morgan fingerprint density at radius 1 is 1.37 bits per heavy atom. The van der Waals surface area contributed by atoms with E-state index in [1.807, 2.05) is 12.1 Å². The van der Waals surface area contributed by atoms with E-state index in [-0.39, 0.29) is 35.3 Å². The average Bonchev–Trinajstić information content (AvgIpc) is 3.10. The van der Waals surface area contributed by atoms with Gasteiger partial charge in [0.1, 0.15) is 5.76 Å². The second-order valence-corrected chi connectivity index (χ2v) is 7.56. The maximum Gasteiger partial charge on any atom is 0.252 e. The zero-order chi connectivity index (χ0) is 18.8. The molecule has 8 heteroatoms. The van der Waals surface area contributed by atoms with E-state index in [1.165, 1.54) is 6.07 Å². The van der Waals surface area contributed by atoms with Gasteiger partial charge >= 0.3 is 0 Å². The van der Waals surface area contributed by atoms with Crippen molar-refractivity contribution in [2.75, 3.05) is 18.8 Å². The molecule has 27 heavy (non-hydrogen) atoms. The van der Waals surface area contributed by atoms with E-state index in [0.29, 0.717) is 5.69 Å². The van der Waals surface area contributed by atoms with Crippen LogP contribution >= 0.6 is 0 Å². The number of furan rings is 1. The number of rotatable bonds is 5. The highest BCUT2D eigenvalue weighted by atomic mass is 16.3. The van der Waals surface area contributed by atoms with Gasteiger partial charge in [-0.15, -0.1) is 0 Å². The summed E-state index contributed by atoms with van der Waals surface area (Å²) in [7, 11) is 0. The lowest BCUT2D eigenvalue weighted by molar-refractivity contribution is -0.127. The summed E-state index contributed by atoms with van der Waals surface area (Å²) in [4.78, 5) is 33.0. The number of anilines is 1. The van der Waals surface area contributed by atoms with Crippen molar-refractivity contribution in [3.8, 4) is 0 Å². The fourth-order valence-corrected chi connectivity index (χ4v) is 3.98. The van der Waals surface area contributed by atoms with Crippen LogP contribution in [0.1, 0.15) is 43.1 Å². The van der Waals surface area contributed by atoms with Crippen molar-refractivity contribution in [3.05, 3.63) is 46.3 Å². The predicted molar refractivity (Wildman–Crippen MR) is 99.9 cm³/mol. The van der Waals surface area contributed by atoms with Gasteiger partial charge < -0.3 is 15.5 Å². The zero-order valence-electron chi connectivity index (χ0n) is 15.2. The van der Waals surface area contributed by atoms with Gasteiger partial charge in [-0.3, -0.25) is 19.5 Å². The lowest BCUT2D eigenvalue weighted by Gasteiger charge is -2.37. The van der Waals surface area contributed by atoms with E-state index >= 15 is 0 Å². The Morgan fingerprint density at radius 3 is 2.81 bits per heavy atom. The van der Waals surface area contributed by atoms with Crippen molar-refractivity contribution in [2.45, 2.75) is 44.2 Å². The minimum absolute atomic E-state index is 0.0743. The smallest absolute Gasteiger partial charge is 0.252 e. The topological polar surface area (TPSA) is 117 Å². The fourth-order valence-electron chi connectivity index (χ4n) is 3.98. The monoisotopic (exact) mass is 371 g/mol. The number of hydrogen-bond acceptors (Lipinski definition) is 6. The number of likely N-dealkylation sites (tertiary alicyclic amines) is 1. The largest absolute Gasteiger partial charge is 0.468 e. The second-order valence-electron chi connectivity index (χ2n) is 7.56. The summed E-state index contributed by atoms with van der Waals surface area (Å²) in [5.41, 5.74) is 6.08. The average molecular weight is 371 g/mol. The van der Waals surface area contributed by atoms with Crippen LogP contribution in [-0.4, -0.2) is 39.9 Å². The summed E-state index contributed by atoms with van der Waals surface area (Å²) in [6.07, 6.45) is 5.04. The zero-order valence-corrected chi connectivity index (χ0v) is 15.2. The minimum Gasteiger partial charge on any atom is -0.468 e. The standard InChI is InChI=1S/C19H25N5O3/c20-19-22-16(10-17(25)23-19)13-8-14(9-13)21-18(26)12-3-5-24(6-4-12)11-15-2-1-7-27-15/h1-2,7,10,12-14H,3-6,8-9,11H2,(H,21,26)(H3,20,22,23,25). The van der Waals surface area contributed by atoms with Gasteiger partial charge in [0.2, 0.25) is 11.9 Å². The normalized spacial score (nSPS) is 23.7. The van der Waals surface area contributed by atoms with Crippen LogP contribution in [0.25, 0.3) is 0 Å². The summed E-state index contributed by atoms with van der Waals surface area (Å²) >= 11 is 0. The number of piperidine rings is 1. The molecule has 4 N–H and O–H groups in total. The molecule has 2 aromatic heterocycles. The predicted octanol–water partition coefficient (Wildman–Crippen LogP) is 1.22. The molecular formula is C19H25N5O3. The first kappa shape index (κ1) is 17.8. The molecule has 1 aliphatic carbocycles. The number of nitrogen functional groups attached to an aromatic ring is 1. The number of amides is 1. The third-order valence-electron chi connectivity index (χ3n) is 5.60. The van der Waals surface area contributed by atoms with E-state index in [9.17, 15) is 9.59 Å². The van der Waals surface area contributed by atoms with Gasteiger partial charge in [-0.25, -0.2) is 4.98 Å². The summed E-state index contributed by atoms with van der Waals surface area (Å²) < 4.78 is 5.39. The van der Waals surface area contributed by atoms with Crippen molar-refractivity contribution in [1.82, 2.24) is 20.2 Å². The molecule has 8 nitrogen and oxygen atoms in total. The molecule has 2 aromatic rings. The molecule has 0 aromatic carbocycles. The number of aromatic nitrogens is 2. The molecule has 0 spiro atoms. The third kappa shape index (κ3) is 4.21. The van der Waals surface area contributed by atoms with Crippen LogP contribution in [0.15, 0.2) is 33.7 Å². The summed E-state index contributed by atoms with van der Waals surface area (Å²) in [5.74, 6) is 1.52. The first-order valence-corrected chi connectivity index (χ1v) is 9.48. The molecule has 0 bridgehead atoms. The molecule has 3 heterocycles. The molecule has 0 unspecified atom stereocenters. The molecule has 1 aliphatic heterocycles. The highest BCUT2D eigenvalue weighted by molar-refractivity contribution is 5.79. The third-order valence-corrected chi connectivity index (χ3v) is 5.60. The van der Waals surface area contributed by atoms with Crippen molar-refractivity contribution < 1.29 is 9.21 Å². The van der Waals surface area contributed by atoms with Gasteiger partial charge in [-0.2, -0.15) is 0 Å². The van der Waals surface area contributed by atoms with Crippen LogP contribution in [-0.2, 0) is 11.3 Å². The van der Waals surface area contributed by atoms with Gasteiger partial charge in [0.25, 0.3) is 5.56 Å². The Bertz CT molecular complexity index is 833. The van der Waals surface area contributed by atoms with Crippen molar-refractivity contribution in [2.24, 2.45) is 5.92 Å². The molecule has 144 valence electrons. The maximum atomic E-state index is 12.5. The van der Waals surface area contributed by atoms with Crippen LogP contribution in [0, 0.1) is 5.92 Å². The number of aromatic amines is 1. The second kappa shape index (κ2) is 7.56. The van der Waals surface area contributed by atoms with Crippen LogP contribution in [0.3, 0.4) is 0 Å². The lowest BCUT2D eigenvalue weighted by Crippen LogP contribution is -2.48. The Labute approximate surface area is 157 Å². The number of carbonyl (C=O) groups is 1. The van der Waals surface area contributed by atoms with Crippen LogP contribution in [0.5, 0.6) is 0 Å². The van der Waals surface area contributed by atoms with Gasteiger partial charge in [-0.05, 0) is 50.9 Å². The fraction of sp³-hybridized carbons (Fsp3) is 0.526. The van der Waals surface area contributed by atoms with Crippen molar-refractivity contribution in [1.29, 1.82) is 0 Å². The summed E-state index contributed by atoms with van der Waals surface area (Å²) in [6.45, 7) is 2.61. The first-order chi connectivity index (χ1) is 13.1. The summed E-state index contributed by atoms with van der Waals surface area (Å²) in [5, 5.41) is 3.15. The van der Waals surface area contributed by atoms with Crippen molar-refractivity contribution >= 4 is 11.9 Å². The van der Waals surface area contributed by atoms with Gasteiger partial charge in [0.15, 0.2) is 0 Å². The number of hydrogen-bond donors (Lipinski definition) is 3. The Hall–Kier alpha value is -2.61. The molecule has 4 rings (SSSR count). The first-order valence-electron chi connectivity index (χ1n) is 9.48. The van der Waals surface area contributed by atoms with E-state index in [1.54, 1.807) is 6.26 Å². The van der Waals surface area contributed by atoms with Crippen LogP contribution < -0.4 is 16.6 Å². The molecule has 0 atom stereocenters. The number of nitrogens with one attached hydrogen (secondary N) is 2. The molecule has 2 aliphatic rings. The van der Waals surface area contributed by atoms with Crippen LogP contribution in [0.2, 0.25) is 0 Å². The molecule has 2 fully saturated rings. The van der Waals surface area contributed by atoms with Gasteiger partial charge in [0, 0.05) is 23.9 Å². The number of nitrogens with two attached hydrogens (primary N) is 1. The van der Waals surface area contributed by atoms with E-state index in [4.69, 9.17) is 10.2 Å². The Morgan fingerprint density at radius 2 is 2.15 bits per heavy atom. The van der Waals surface area contributed by atoms with Crippen molar-refractivity contribution in [3.63, 3.8) is 0 Å². The Balaban J connectivity index is 1.21. The molecule has 1 saturated heterocycles. The van der Waals surface area contributed by atoms with Crippen LogP contribution in [0.4, 0.5) is 5.95 Å². The highest BCUT2D eigenvalue weighted by Gasteiger charge is 2.34. The van der Waals surface area contributed by atoms with E-state index in [0.717, 1.165) is 51.1 Å². The Kier molecular flexibility index (Phi) is 4.98. The van der Waals surface area contributed by atoms with E-state index < -0.39 is 0 Å². The quantitative estimate of drug-likeness (QED) is 0.727. The summed E-state index contributed by atoms with van der Waals surface area (Å²) in [6, 6.07) is 5.53. The molecule has 1 amide bonds. The number of carbonyl (C=O) groups excluding carboxylic acids is 1. The molecule has 1 saturated carbocycles. The minimum atomic E-state index is -0.230. The molecule has 0 radical (unpaired) electrons. The lowest BCUT2D eigenvalue weighted by atomic mass is 9.77. The number of nitrogens with zero attached hydrogens (tertiary/aromatic N) is 2. The SMILES string of the molecule is Nc1nc(C2CC(NC(=O)C3CCN(Cc4ccco4)CC3)C2)cc(=O)[nH]1. The van der Waals surface area contributed by atoms with Gasteiger partial charge in [-0.1, -0.05) is 0 Å². The van der Waals surface area contributed by atoms with Gasteiger partial charge in [0.05, 0.1) is 18.5 Å². The maximum absolute atomic E-state index is 12.5. The molecular weight excluding hydrogens is 346 g/mol. The van der Waals surface area contributed by atoms with E-state index in [2.05, 4.69) is 20.2 Å². The highest BCUT2D eigenvalue weighted by Crippen LogP contribution is 2.36. The number of H-pyrrole nitrogens is 1.